The smallest absolute Gasteiger partial charge is 0.265 e. The molecular weight excluding hydrogens is 411 g/mol. The number of halogens is 1. The summed E-state index contributed by atoms with van der Waals surface area (Å²) in [7, 11) is 0. The van der Waals surface area contributed by atoms with Crippen LogP contribution in [0.4, 0.5) is 15.8 Å². The maximum Gasteiger partial charge on any atom is 0.265 e. The van der Waals surface area contributed by atoms with Crippen LogP contribution in [0.2, 0.25) is 0 Å². The number of hydrogen-bond acceptors (Lipinski definition) is 4. The molecule has 0 aromatic heterocycles. The Bertz CT molecular complexity index is 845. The molecule has 1 aromatic carbocycles. The summed E-state index contributed by atoms with van der Waals surface area (Å²) >= 11 is 0. The molecule has 1 aromatic rings. The van der Waals surface area contributed by atoms with E-state index < -0.39 is 5.82 Å². The number of rotatable bonds is 5. The van der Waals surface area contributed by atoms with Crippen LogP contribution in [0.1, 0.15) is 77.6 Å². The number of carbonyl (C=O) groups excluding carboxylic acids is 3. The lowest BCUT2D eigenvalue weighted by atomic mass is 9.85. The van der Waals surface area contributed by atoms with Crippen LogP contribution in [-0.4, -0.2) is 30.9 Å². The number of benzene rings is 1. The number of ether oxygens (including phenoxy) is 1. The Kier molecular flexibility index (Phi) is 7.11. The lowest BCUT2D eigenvalue weighted by Crippen LogP contribution is -2.46. The van der Waals surface area contributed by atoms with Crippen LogP contribution in [0.5, 0.6) is 5.75 Å². The van der Waals surface area contributed by atoms with Gasteiger partial charge in [0.05, 0.1) is 11.4 Å². The average Bonchev–Trinajstić information content (AvgIpc) is 2.82. The molecule has 3 aliphatic rings. The molecule has 7 heteroatoms. The van der Waals surface area contributed by atoms with Gasteiger partial charge in [0.2, 0.25) is 11.8 Å². The maximum absolute atomic E-state index is 15.4. The van der Waals surface area contributed by atoms with Gasteiger partial charge >= 0.3 is 0 Å². The largest absolute Gasteiger partial charge is 0.481 e. The molecule has 0 N–H and O–H groups in total. The number of anilines is 2. The fourth-order valence-corrected chi connectivity index (χ4v) is 5.26. The molecule has 0 atom stereocenters. The molecule has 1 aliphatic heterocycles. The van der Waals surface area contributed by atoms with Crippen LogP contribution in [0.3, 0.4) is 0 Å². The first-order chi connectivity index (χ1) is 15.5. The van der Waals surface area contributed by atoms with Gasteiger partial charge < -0.3 is 9.64 Å². The van der Waals surface area contributed by atoms with Gasteiger partial charge in [-0.3, -0.25) is 14.4 Å². The Balaban J connectivity index is 1.75. The molecule has 2 fully saturated rings. The number of nitrogens with zero attached hydrogens (tertiary/aromatic N) is 2. The van der Waals surface area contributed by atoms with Gasteiger partial charge in [-0.1, -0.05) is 45.4 Å². The number of amides is 3. The van der Waals surface area contributed by atoms with Crippen molar-refractivity contribution >= 4 is 29.1 Å². The highest BCUT2D eigenvalue weighted by Crippen LogP contribution is 2.40. The van der Waals surface area contributed by atoms with Crippen LogP contribution < -0.4 is 14.5 Å². The van der Waals surface area contributed by atoms with Crippen LogP contribution in [0.25, 0.3) is 0 Å². The van der Waals surface area contributed by atoms with Gasteiger partial charge in [-0.25, -0.2) is 9.29 Å². The minimum atomic E-state index is -0.664. The third-order valence-corrected chi connectivity index (χ3v) is 7.01. The Morgan fingerprint density at radius 3 is 2.09 bits per heavy atom. The second-order valence-corrected chi connectivity index (χ2v) is 9.29. The van der Waals surface area contributed by atoms with Crippen LogP contribution in [0.15, 0.2) is 12.1 Å². The number of fused-ring (bicyclic) bond motifs is 1. The van der Waals surface area contributed by atoms with E-state index in [-0.39, 0.29) is 47.6 Å². The van der Waals surface area contributed by atoms with Crippen molar-refractivity contribution in [1.82, 2.24) is 0 Å². The van der Waals surface area contributed by atoms with Gasteiger partial charge in [-0.15, -0.1) is 0 Å². The SMILES string of the molecule is CCCN1C(=O)COc2cc(F)c(N(C(=O)C3CCCCC3)C(=O)C3CCCCC3)cc21. The fraction of sp³-hybridized carbons (Fsp3) is 0.640. The molecule has 2 aliphatic carbocycles. The topological polar surface area (TPSA) is 66.9 Å². The summed E-state index contributed by atoms with van der Waals surface area (Å²) in [5, 5.41) is 0. The first-order valence-corrected chi connectivity index (χ1v) is 12.2. The summed E-state index contributed by atoms with van der Waals surface area (Å²) in [6, 6.07) is 2.69. The van der Waals surface area contributed by atoms with E-state index in [1.54, 1.807) is 4.90 Å². The number of carbonyl (C=O) groups is 3. The first-order valence-electron chi connectivity index (χ1n) is 12.2. The van der Waals surface area contributed by atoms with E-state index in [2.05, 4.69) is 0 Å². The van der Waals surface area contributed by atoms with Gasteiger partial charge in [-0.2, -0.15) is 0 Å². The summed E-state index contributed by atoms with van der Waals surface area (Å²) in [6.45, 7) is 2.28. The van der Waals surface area contributed by atoms with Crippen LogP contribution in [-0.2, 0) is 14.4 Å². The van der Waals surface area contributed by atoms with E-state index >= 15 is 4.39 Å². The highest BCUT2D eigenvalue weighted by Gasteiger charge is 2.38. The highest BCUT2D eigenvalue weighted by atomic mass is 19.1. The monoisotopic (exact) mass is 444 g/mol. The average molecular weight is 445 g/mol. The lowest BCUT2D eigenvalue weighted by molar-refractivity contribution is -0.132. The molecule has 174 valence electrons. The lowest BCUT2D eigenvalue weighted by Gasteiger charge is -2.34. The van der Waals surface area contributed by atoms with Gasteiger partial charge in [0.15, 0.2) is 12.4 Å². The molecule has 0 radical (unpaired) electrons. The van der Waals surface area contributed by atoms with Crippen LogP contribution in [0, 0.1) is 17.7 Å². The normalized spacial score (nSPS) is 19.9. The summed E-state index contributed by atoms with van der Waals surface area (Å²) in [5.74, 6) is -1.74. The van der Waals surface area contributed by atoms with E-state index in [1.165, 1.54) is 12.1 Å². The Morgan fingerprint density at radius 2 is 1.56 bits per heavy atom. The van der Waals surface area contributed by atoms with Gasteiger partial charge in [0.1, 0.15) is 5.75 Å². The third kappa shape index (κ3) is 4.52. The van der Waals surface area contributed by atoms with E-state index in [0.29, 0.717) is 12.2 Å². The van der Waals surface area contributed by atoms with Crippen molar-refractivity contribution in [2.45, 2.75) is 77.6 Å². The van der Waals surface area contributed by atoms with Crippen molar-refractivity contribution in [3.05, 3.63) is 17.9 Å². The van der Waals surface area contributed by atoms with Crippen molar-refractivity contribution in [1.29, 1.82) is 0 Å². The Hall–Kier alpha value is -2.44. The molecule has 3 amide bonds. The second kappa shape index (κ2) is 10.0. The molecule has 6 nitrogen and oxygen atoms in total. The molecule has 32 heavy (non-hydrogen) atoms. The minimum absolute atomic E-state index is 0.0469. The molecular formula is C25H33FN2O4. The van der Waals surface area contributed by atoms with Gasteiger partial charge in [0, 0.05) is 24.4 Å². The number of imide groups is 1. The standard InChI is InChI=1S/C25H33FN2O4/c1-2-13-27-21-15-20(19(26)14-22(21)32-16-23(27)29)28(24(30)17-9-5-3-6-10-17)25(31)18-11-7-4-8-12-18/h14-15,17-18H,2-13,16H2,1H3. The van der Waals surface area contributed by atoms with E-state index in [0.717, 1.165) is 75.5 Å². The number of hydrogen-bond donors (Lipinski definition) is 0. The van der Waals surface area contributed by atoms with Gasteiger partial charge in [-0.05, 0) is 38.2 Å². The second-order valence-electron chi connectivity index (χ2n) is 9.29. The summed E-state index contributed by atoms with van der Waals surface area (Å²) in [5.41, 5.74) is 0.381. The van der Waals surface area contributed by atoms with E-state index in [9.17, 15) is 14.4 Å². The molecule has 0 unspecified atom stereocenters. The van der Waals surface area contributed by atoms with E-state index in [4.69, 9.17) is 4.74 Å². The Morgan fingerprint density at radius 1 is 1.00 bits per heavy atom. The summed E-state index contributed by atoms with van der Waals surface area (Å²) in [4.78, 5) is 42.3. The molecule has 0 saturated heterocycles. The molecule has 1 heterocycles. The minimum Gasteiger partial charge on any atom is -0.481 e. The first kappa shape index (κ1) is 22.7. The zero-order valence-electron chi connectivity index (χ0n) is 18.9. The molecule has 4 rings (SSSR count). The van der Waals surface area contributed by atoms with E-state index in [1.807, 2.05) is 6.92 Å². The van der Waals surface area contributed by atoms with Gasteiger partial charge in [0.25, 0.3) is 5.91 Å². The van der Waals surface area contributed by atoms with Crippen molar-refractivity contribution < 1.29 is 23.5 Å². The van der Waals surface area contributed by atoms with Crippen molar-refractivity contribution in [3.8, 4) is 5.75 Å². The quantitative estimate of drug-likeness (QED) is 0.601. The fourth-order valence-electron chi connectivity index (χ4n) is 5.26. The van der Waals surface area contributed by atoms with Crippen molar-refractivity contribution in [2.75, 3.05) is 23.0 Å². The zero-order chi connectivity index (χ0) is 22.7. The van der Waals surface area contributed by atoms with Crippen molar-refractivity contribution in [3.63, 3.8) is 0 Å². The third-order valence-electron chi connectivity index (χ3n) is 7.01. The molecule has 0 spiro atoms. The molecule has 0 bridgehead atoms. The Labute approximate surface area is 189 Å². The van der Waals surface area contributed by atoms with Crippen molar-refractivity contribution in [2.24, 2.45) is 11.8 Å². The maximum atomic E-state index is 15.4. The predicted octanol–water partition coefficient (Wildman–Crippen LogP) is 4.98. The predicted molar refractivity (Wildman–Crippen MR) is 120 cm³/mol. The molecule has 2 saturated carbocycles. The summed E-state index contributed by atoms with van der Waals surface area (Å²) in [6.07, 6.45) is 9.58. The summed E-state index contributed by atoms with van der Waals surface area (Å²) < 4.78 is 20.8. The highest BCUT2D eigenvalue weighted by molar-refractivity contribution is 6.17. The van der Waals surface area contributed by atoms with Crippen LogP contribution >= 0.6 is 0 Å². The zero-order valence-corrected chi connectivity index (χ0v) is 18.9.